The predicted octanol–water partition coefficient (Wildman–Crippen LogP) is 2.18. The Morgan fingerprint density at radius 3 is 2.93 bits per heavy atom. The fourth-order valence-electron chi connectivity index (χ4n) is 1.70. The highest BCUT2D eigenvalue weighted by Crippen LogP contribution is 2.28. The molecule has 1 aliphatic rings. The van der Waals surface area contributed by atoms with Gasteiger partial charge in [0.1, 0.15) is 0 Å². The van der Waals surface area contributed by atoms with Gasteiger partial charge >= 0.3 is 0 Å². The number of benzene rings is 1. The molecule has 1 aromatic rings. The lowest BCUT2D eigenvalue weighted by Crippen LogP contribution is -2.37. The summed E-state index contributed by atoms with van der Waals surface area (Å²) in [5.41, 5.74) is 1.82. The number of nitrogens with zero attached hydrogens (tertiary/aromatic N) is 1. The fourth-order valence-corrected chi connectivity index (χ4v) is 1.70. The number of hydrogen-bond donors (Lipinski definition) is 1. The summed E-state index contributed by atoms with van der Waals surface area (Å²) in [5, 5.41) is 3.18. The molecule has 1 aromatic carbocycles. The van der Waals surface area contributed by atoms with Crippen LogP contribution in [0.15, 0.2) is 24.3 Å². The third kappa shape index (κ3) is 1.78. The second kappa shape index (κ2) is 3.82. The van der Waals surface area contributed by atoms with Crippen LogP contribution in [0.25, 0.3) is 0 Å². The fraction of sp³-hybridized carbons (Fsp3) is 0.400. The van der Waals surface area contributed by atoms with Crippen molar-refractivity contribution in [2.45, 2.75) is 6.43 Å². The molecule has 2 rings (SSSR count). The van der Waals surface area contributed by atoms with E-state index in [1.54, 1.807) is 4.90 Å². The minimum atomic E-state index is -2.28. The summed E-state index contributed by atoms with van der Waals surface area (Å²) in [5.74, 6) is 0. The lowest BCUT2D eigenvalue weighted by Gasteiger charge is -2.31. The van der Waals surface area contributed by atoms with Gasteiger partial charge in [0, 0.05) is 13.1 Å². The second-order valence-corrected chi connectivity index (χ2v) is 3.28. The number of anilines is 2. The summed E-state index contributed by atoms with van der Waals surface area (Å²) < 4.78 is 24.5. The van der Waals surface area contributed by atoms with Gasteiger partial charge in [-0.3, -0.25) is 0 Å². The molecule has 0 radical (unpaired) electrons. The second-order valence-electron chi connectivity index (χ2n) is 3.28. The van der Waals surface area contributed by atoms with Gasteiger partial charge in [-0.1, -0.05) is 12.1 Å². The van der Waals surface area contributed by atoms with Crippen LogP contribution in [0.1, 0.15) is 0 Å². The summed E-state index contributed by atoms with van der Waals surface area (Å²) in [4.78, 5) is 1.72. The van der Waals surface area contributed by atoms with Crippen molar-refractivity contribution in [1.82, 2.24) is 0 Å². The van der Waals surface area contributed by atoms with Gasteiger partial charge in [0.25, 0.3) is 6.43 Å². The van der Waals surface area contributed by atoms with E-state index in [2.05, 4.69) is 5.32 Å². The molecule has 0 amide bonds. The van der Waals surface area contributed by atoms with Gasteiger partial charge in [0.15, 0.2) is 0 Å². The van der Waals surface area contributed by atoms with Crippen molar-refractivity contribution in [2.75, 3.05) is 29.9 Å². The molecule has 0 spiro atoms. The molecule has 0 aliphatic carbocycles. The average Bonchev–Trinajstić information content (AvgIpc) is 2.18. The van der Waals surface area contributed by atoms with E-state index in [4.69, 9.17) is 0 Å². The number of hydrogen-bond acceptors (Lipinski definition) is 2. The molecule has 1 heterocycles. The van der Waals surface area contributed by atoms with E-state index in [9.17, 15) is 8.78 Å². The molecule has 0 saturated carbocycles. The van der Waals surface area contributed by atoms with Crippen LogP contribution in [0.3, 0.4) is 0 Å². The Hall–Kier alpha value is -1.32. The summed E-state index contributed by atoms with van der Waals surface area (Å²) >= 11 is 0. The molecule has 0 atom stereocenters. The summed E-state index contributed by atoms with van der Waals surface area (Å²) in [6, 6.07) is 7.54. The maximum absolute atomic E-state index is 12.3. The van der Waals surface area contributed by atoms with Crippen LogP contribution in [0.2, 0.25) is 0 Å². The molecule has 0 aromatic heterocycles. The first-order valence-electron chi connectivity index (χ1n) is 4.63. The molecule has 0 fully saturated rings. The standard InChI is InChI=1S/C10H12F2N2/c11-10(12)7-14-6-5-13-8-3-1-2-4-9(8)14/h1-4,10,13H,5-7H2. The van der Waals surface area contributed by atoms with Crippen LogP contribution in [-0.4, -0.2) is 26.1 Å². The largest absolute Gasteiger partial charge is 0.382 e. The molecule has 76 valence electrons. The number of rotatable bonds is 2. The molecule has 0 bridgehead atoms. The molecular weight excluding hydrogens is 186 g/mol. The van der Waals surface area contributed by atoms with Crippen molar-refractivity contribution in [3.8, 4) is 0 Å². The molecule has 2 nitrogen and oxygen atoms in total. The maximum atomic E-state index is 12.3. The number of para-hydroxylation sites is 2. The molecule has 4 heteroatoms. The highest BCUT2D eigenvalue weighted by molar-refractivity contribution is 5.71. The van der Waals surface area contributed by atoms with Gasteiger partial charge in [-0.15, -0.1) is 0 Å². The van der Waals surface area contributed by atoms with E-state index >= 15 is 0 Å². The van der Waals surface area contributed by atoms with Crippen LogP contribution in [0, 0.1) is 0 Å². The van der Waals surface area contributed by atoms with E-state index in [-0.39, 0.29) is 6.54 Å². The van der Waals surface area contributed by atoms with E-state index in [0.717, 1.165) is 17.9 Å². The van der Waals surface area contributed by atoms with Gasteiger partial charge in [0.2, 0.25) is 0 Å². The SMILES string of the molecule is FC(F)CN1CCNc2ccccc21. The van der Waals surface area contributed by atoms with Gasteiger partial charge in [-0.05, 0) is 12.1 Å². The van der Waals surface area contributed by atoms with Crippen molar-refractivity contribution in [3.05, 3.63) is 24.3 Å². The number of alkyl halides is 2. The highest BCUT2D eigenvalue weighted by atomic mass is 19.3. The topological polar surface area (TPSA) is 15.3 Å². The quantitative estimate of drug-likeness (QED) is 0.783. The minimum absolute atomic E-state index is 0.182. The Labute approximate surface area is 81.5 Å². The van der Waals surface area contributed by atoms with Crippen LogP contribution < -0.4 is 10.2 Å². The van der Waals surface area contributed by atoms with Crippen molar-refractivity contribution < 1.29 is 8.78 Å². The summed E-state index contributed by atoms with van der Waals surface area (Å²) in [6.45, 7) is 1.18. The Morgan fingerprint density at radius 1 is 1.36 bits per heavy atom. The van der Waals surface area contributed by atoms with Gasteiger partial charge in [-0.2, -0.15) is 0 Å². The summed E-state index contributed by atoms with van der Waals surface area (Å²) in [6.07, 6.45) is -2.28. The molecule has 1 N–H and O–H groups in total. The van der Waals surface area contributed by atoms with Crippen LogP contribution in [0.4, 0.5) is 20.2 Å². The normalized spacial score (nSPS) is 15.2. The Morgan fingerprint density at radius 2 is 2.14 bits per heavy atom. The van der Waals surface area contributed by atoms with Crippen LogP contribution in [0.5, 0.6) is 0 Å². The molecular formula is C10H12F2N2. The number of nitrogens with one attached hydrogen (secondary N) is 1. The third-order valence-electron chi connectivity index (χ3n) is 2.30. The zero-order valence-electron chi connectivity index (χ0n) is 7.71. The zero-order valence-corrected chi connectivity index (χ0v) is 7.71. The molecule has 0 saturated heterocycles. The zero-order chi connectivity index (χ0) is 9.97. The minimum Gasteiger partial charge on any atom is -0.382 e. The van der Waals surface area contributed by atoms with Gasteiger partial charge in [0.05, 0.1) is 17.9 Å². The van der Waals surface area contributed by atoms with Crippen LogP contribution >= 0.6 is 0 Å². The van der Waals surface area contributed by atoms with E-state index in [0.29, 0.717) is 6.54 Å². The van der Waals surface area contributed by atoms with Crippen molar-refractivity contribution >= 4 is 11.4 Å². The van der Waals surface area contributed by atoms with Crippen molar-refractivity contribution in [1.29, 1.82) is 0 Å². The predicted molar refractivity (Wildman–Crippen MR) is 53.1 cm³/mol. The highest BCUT2D eigenvalue weighted by Gasteiger charge is 2.18. The first-order chi connectivity index (χ1) is 6.77. The lowest BCUT2D eigenvalue weighted by molar-refractivity contribution is 0.155. The summed E-state index contributed by atoms with van der Waals surface area (Å²) in [7, 11) is 0. The molecule has 0 unspecified atom stereocenters. The van der Waals surface area contributed by atoms with Crippen molar-refractivity contribution in [2.24, 2.45) is 0 Å². The molecule has 14 heavy (non-hydrogen) atoms. The molecule has 1 aliphatic heterocycles. The maximum Gasteiger partial charge on any atom is 0.255 e. The van der Waals surface area contributed by atoms with Crippen molar-refractivity contribution in [3.63, 3.8) is 0 Å². The first kappa shape index (κ1) is 9.24. The van der Waals surface area contributed by atoms with E-state index < -0.39 is 6.43 Å². The lowest BCUT2D eigenvalue weighted by atomic mass is 10.2. The average molecular weight is 198 g/mol. The van der Waals surface area contributed by atoms with E-state index in [1.165, 1.54) is 0 Å². The van der Waals surface area contributed by atoms with E-state index in [1.807, 2.05) is 24.3 Å². The van der Waals surface area contributed by atoms with Gasteiger partial charge < -0.3 is 10.2 Å². The van der Waals surface area contributed by atoms with Crippen LogP contribution in [-0.2, 0) is 0 Å². The Bertz CT molecular complexity index is 315. The first-order valence-corrected chi connectivity index (χ1v) is 4.63. The Kier molecular flexibility index (Phi) is 2.52. The monoisotopic (exact) mass is 198 g/mol. The Balaban J connectivity index is 2.22. The third-order valence-corrected chi connectivity index (χ3v) is 2.30. The smallest absolute Gasteiger partial charge is 0.255 e. The number of halogens is 2. The van der Waals surface area contributed by atoms with Gasteiger partial charge in [-0.25, -0.2) is 8.78 Å². The number of fused-ring (bicyclic) bond motifs is 1.